The van der Waals surface area contributed by atoms with Crippen molar-refractivity contribution in [2.24, 2.45) is 11.7 Å². The molecule has 0 spiro atoms. The number of primary amides is 1. The number of nitrogens with one attached hydrogen (secondary N) is 1. The van der Waals surface area contributed by atoms with Crippen LogP contribution in [0.2, 0.25) is 0 Å². The summed E-state index contributed by atoms with van der Waals surface area (Å²) in [5.74, 6) is -0.117. The Balaban J connectivity index is 2.13. The van der Waals surface area contributed by atoms with Gasteiger partial charge in [0.2, 0.25) is 5.91 Å². The predicted molar refractivity (Wildman–Crippen MR) is 65.5 cm³/mol. The molecule has 0 bridgehead atoms. The van der Waals surface area contributed by atoms with E-state index in [4.69, 9.17) is 10.5 Å². The highest BCUT2D eigenvalue weighted by Crippen LogP contribution is 2.28. The van der Waals surface area contributed by atoms with Gasteiger partial charge in [0.1, 0.15) is 0 Å². The third-order valence-corrected chi connectivity index (χ3v) is 3.30. The summed E-state index contributed by atoms with van der Waals surface area (Å²) in [5, 5.41) is 3.22. The Kier molecular flexibility index (Phi) is 3.76. The SMILES string of the molecule is COCc1ccc(C2CNCC2C(N)=O)cc1. The van der Waals surface area contributed by atoms with E-state index >= 15 is 0 Å². The first-order valence-corrected chi connectivity index (χ1v) is 5.80. The highest BCUT2D eigenvalue weighted by Gasteiger charge is 2.32. The maximum Gasteiger partial charge on any atom is 0.222 e. The molecule has 1 aliphatic heterocycles. The number of carbonyl (C=O) groups is 1. The molecule has 1 amide bonds. The zero-order chi connectivity index (χ0) is 12.3. The summed E-state index contributed by atoms with van der Waals surface area (Å²) in [6.45, 7) is 2.11. The number of hydrogen-bond acceptors (Lipinski definition) is 3. The third kappa shape index (κ3) is 2.65. The van der Waals surface area contributed by atoms with E-state index in [1.807, 2.05) is 12.1 Å². The molecule has 0 aromatic heterocycles. The molecule has 1 aliphatic rings. The molecule has 1 aromatic carbocycles. The summed E-state index contributed by atoms with van der Waals surface area (Å²) in [4.78, 5) is 11.3. The number of rotatable bonds is 4. The van der Waals surface area contributed by atoms with Gasteiger partial charge in [0.05, 0.1) is 12.5 Å². The average Bonchev–Trinajstić information content (AvgIpc) is 2.79. The Bertz CT molecular complexity index is 389. The highest BCUT2D eigenvalue weighted by molar-refractivity contribution is 5.78. The number of hydrogen-bond donors (Lipinski definition) is 2. The van der Waals surface area contributed by atoms with Crippen molar-refractivity contribution in [1.29, 1.82) is 0 Å². The first-order valence-electron chi connectivity index (χ1n) is 5.80. The van der Waals surface area contributed by atoms with Gasteiger partial charge in [-0.1, -0.05) is 24.3 Å². The monoisotopic (exact) mass is 234 g/mol. The van der Waals surface area contributed by atoms with Crippen LogP contribution in [-0.4, -0.2) is 26.1 Å². The van der Waals surface area contributed by atoms with Crippen LogP contribution in [-0.2, 0) is 16.1 Å². The van der Waals surface area contributed by atoms with Crippen molar-refractivity contribution >= 4 is 5.91 Å². The second-order valence-corrected chi connectivity index (χ2v) is 4.45. The van der Waals surface area contributed by atoms with E-state index in [1.54, 1.807) is 7.11 Å². The van der Waals surface area contributed by atoms with Gasteiger partial charge in [0.25, 0.3) is 0 Å². The summed E-state index contributed by atoms with van der Waals surface area (Å²) in [5.41, 5.74) is 7.71. The van der Waals surface area contributed by atoms with Crippen molar-refractivity contribution in [3.63, 3.8) is 0 Å². The Morgan fingerprint density at radius 3 is 2.71 bits per heavy atom. The van der Waals surface area contributed by atoms with Crippen molar-refractivity contribution in [1.82, 2.24) is 5.32 Å². The smallest absolute Gasteiger partial charge is 0.222 e. The fourth-order valence-corrected chi connectivity index (χ4v) is 2.36. The molecule has 17 heavy (non-hydrogen) atoms. The molecule has 1 fully saturated rings. The van der Waals surface area contributed by atoms with Crippen LogP contribution >= 0.6 is 0 Å². The van der Waals surface area contributed by atoms with E-state index in [1.165, 1.54) is 5.56 Å². The standard InChI is InChI=1S/C13H18N2O2/c1-17-8-9-2-4-10(5-3-9)11-6-15-7-12(11)13(14)16/h2-5,11-12,15H,6-8H2,1H3,(H2,14,16). The Morgan fingerprint density at radius 2 is 2.12 bits per heavy atom. The molecule has 92 valence electrons. The summed E-state index contributed by atoms with van der Waals surface area (Å²) < 4.78 is 5.07. The molecule has 1 heterocycles. The van der Waals surface area contributed by atoms with Gasteiger partial charge < -0.3 is 15.8 Å². The van der Waals surface area contributed by atoms with Gasteiger partial charge in [0, 0.05) is 26.1 Å². The Morgan fingerprint density at radius 1 is 1.41 bits per heavy atom. The van der Waals surface area contributed by atoms with Crippen LogP contribution in [0, 0.1) is 5.92 Å². The van der Waals surface area contributed by atoms with Crippen LogP contribution in [0.5, 0.6) is 0 Å². The lowest BCUT2D eigenvalue weighted by molar-refractivity contribution is -0.121. The topological polar surface area (TPSA) is 64.3 Å². The molecule has 2 unspecified atom stereocenters. The number of ether oxygens (including phenoxy) is 1. The molecular formula is C13H18N2O2. The molecule has 1 aromatic rings. The van der Waals surface area contributed by atoms with E-state index in [0.29, 0.717) is 13.2 Å². The first kappa shape index (κ1) is 12.1. The van der Waals surface area contributed by atoms with E-state index in [2.05, 4.69) is 17.4 Å². The van der Waals surface area contributed by atoms with Crippen LogP contribution in [0.4, 0.5) is 0 Å². The minimum atomic E-state index is -0.221. The minimum Gasteiger partial charge on any atom is -0.380 e. The zero-order valence-corrected chi connectivity index (χ0v) is 9.98. The van der Waals surface area contributed by atoms with Crippen LogP contribution in [0.1, 0.15) is 17.0 Å². The van der Waals surface area contributed by atoms with Crippen molar-refractivity contribution in [3.05, 3.63) is 35.4 Å². The van der Waals surface area contributed by atoms with Crippen molar-refractivity contribution in [2.75, 3.05) is 20.2 Å². The summed E-state index contributed by atoms with van der Waals surface area (Å²) in [6.07, 6.45) is 0. The zero-order valence-electron chi connectivity index (χ0n) is 9.98. The van der Waals surface area contributed by atoms with Gasteiger partial charge >= 0.3 is 0 Å². The van der Waals surface area contributed by atoms with Crippen molar-refractivity contribution in [2.45, 2.75) is 12.5 Å². The lowest BCUT2D eigenvalue weighted by atomic mass is 9.88. The van der Waals surface area contributed by atoms with E-state index in [9.17, 15) is 4.79 Å². The molecule has 2 atom stereocenters. The molecular weight excluding hydrogens is 216 g/mol. The molecule has 2 rings (SSSR count). The normalized spacial score (nSPS) is 23.8. The summed E-state index contributed by atoms with van der Waals surface area (Å²) in [7, 11) is 1.68. The van der Waals surface area contributed by atoms with Crippen LogP contribution < -0.4 is 11.1 Å². The number of methoxy groups -OCH3 is 1. The van der Waals surface area contributed by atoms with Gasteiger partial charge in [-0.2, -0.15) is 0 Å². The molecule has 4 heteroatoms. The Hall–Kier alpha value is -1.39. The number of amides is 1. The summed E-state index contributed by atoms with van der Waals surface area (Å²) in [6, 6.07) is 8.19. The van der Waals surface area contributed by atoms with E-state index < -0.39 is 0 Å². The van der Waals surface area contributed by atoms with E-state index in [-0.39, 0.29) is 17.7 Å². The molecule has 0 aliphatic carbocycles. The van der Waals surface area contributed by atoms with Gasteiger partial charge in [0.15, 0.2) is 0 Å². The summed E-state index contributed by atoms with van der Waals surface area (Å²) >= 11 is 0. The quantitative estimate of drug-likeness (QED) is 0.802. The lowest BCUT2D eigenvalue weighted by Crippen LogP contribution is -2.28. The fraction of sp³-hybridized carbons (Fsp3) is 0.462. The molecule has 0 radical (unpaired) electrons. The number of nitrogens with two attached hydrogens (primary N) is 1. The van der Waals surface area contributed by atoms with Crippen LogP contribution in [0.25, 0.3) is 0 Å². The largest absolute Gasteiger partial charge is 0.380 e. The average molecular weight is 234 g/mol. The molecule has 4 nitrogen and oxygen atoms in total. The molecule has 0 saturated carbocycles. The number of benzene rings is 1. The Labute approximate surface area is 101 Å². The van der Waals surface area contributed by atoms with Gasteiger partial charge in [-0.3, -0.25) is 4.79 Å². The predicted octanol–water partition coefficient (Wildman–Crippen LogP) is 0.621. The minimum absolute atomic E-state index is 0.0942. The molecule has 3 N–H and O–H groups in total. The highest BCUT2D eigenvalue weighted by atomic mass is 16.5. The maximum absolute atomic E-state index is 11.3. The third-order valence-electron chi connectivity index (χ3n) is 3.30. The van der Waals surface area contributed by atoms with E-state index in [0.717, 1.165) is 12.1 Å². The first-order chi connectivity index (χ1) is 8.22. The van der Waals surface area contributed by atoms with Crippen molar-refractivity contribution < 1.29 is 9.53 Å². The second-order valence-electron chi connectivity index (χ2n) is 4.45. The van der Waals surface area contributed by atoms with Crippen LogP contribution in [0.3, 0.4) is 0 Å². The maximum atomic E-state index is 11.3. The number of carbonyl (C=O) groups excluding carboxylic acids is 1. The van der Waals surface area contributed by atoms with Crippen LogP contribution in [0.15, 0.2) is 24.3 Å². The fourth-order valence-electron chi connectivity index (χ4n) is 2.36. The van der Waals surface area contributed by atoms with Gasteiger partial charge in [-0.15, -0.1) is 0 Å². The van der Waals surface area contributed by atoms with Gasteiger partial charge in [-0.05, 0) is 11.1 Å². The second kappa shape index (κ2) is 5.29. The van der Waals surface area contributed by atoms with Crippen molar-refractivity contribution in [3.8, 4) is 0 Å². The lowest BCUT2D eigenvalue weighted by Gasteiger charge is -2.16. The molecule has 1 saturated heterocycles. The van der Waals surface area contributed by atoms with Gasteiger partial charge in [-0.25, -0.2) is 0 Å².